The van der Waals surface area contributed by atoms with Crippen molar-refractivity contribution >= 4 is 22.6 Å². The van der Waals surface area contributed by atoms with Gasteiger partial charge in [0.2, 0.25) is 0 Å². The Labute approximate surface area is 111 Å². The number of fused-ring (bicyclic) bond motifs is 1. The van der Waals surface area contributed by atoms with E-state index in [2.05, 4.69) is 34.1 Å². The van der Waals surface area contributed by atoms with Gasteiger partial charge in [0.1, 0.15) is 17.1 Å². The summed E-state index contributed by atoms with van der Waals surface area (Å²) in [6, 6.07) is 2.32. The molecule has 0 radical (unpaired) electrons. The number of nitrogens with zero attached hydrogens (tertiary/aromatic N) is 3. The Hall–Kier alpha value is -1.61. The van der Waals surface area contributed by atoms with E-state index in [0.717, 1.165) is 29.4 Å². The largest absolute Gasteiger partial charge is 0.325 e. The van der Waals surface area contributed by atoms with Gasteiger partial charge in [-0.3, -0.25) is 0 Å². The van der Waals surface area contributed by atoms with Gasteiger partial charge in [-0.25, -0.2) is 9.97 Å². The van der Waals surface area contributed by atoms with Gasteiger partial charge in [0.05, 0.1) is 11.4 Å². The van der Waals surface area contributed by atoms with E-state index >= 15 is 0 Å². The van der Waals surface area contributed by atoms with Crippen molar-refractivity contribution in [2.75, 3.05) is 0 Å². The normalized spacial score (nSPS) is 19.2. The van der Waals surface area contributed by atoms with Gasteiger partial charge in [-0.15, -0.1) is 0 Å². The lowest BCUT2D eigenvalue weighted by Gasteiger charge is -2.10. The van der Waals surface area contributed by atoms with Crippen LogP contribution in [0.15, 0.2) is 42.4 Å². The molecule has 2 heterocycles. The second-order valence-corrected chi connectivity index (χ2v) is 5.06. The minimum absolute atomic E-state index is 0.347. The number of rotatable bonds is 2. The number of hydrogen-bond donors (Lipinski definition) is 0. The van der Waals surface area contributed by atoms with Crippen molar-refractivity contribution in [2.24, 2.45) is 0 Å². The first kappa shape index (κ1) is 11.5. The summed E-state index contributed by atoms with van der Waals surface area (Å²) in [7, 11) is 0. The van der Waals surface area contributed by atoms with E-state index < -0.39 is 0 Å². The van der Waals surface area contributed by atoms with Gasteiger partial charge < -0.3 is 4.57 Å². The van der Waals surface area contributed by atoms with Crippen molar-refractivity contribution in [3.05, 3.63) is 47.5 Å². The molecular weight excluding hydrogens is 246 g/mol. The molecule has 2 aromatic rings. The molecule has 0 saturated carbocycles. The summed E-state index contributed by atoms with van der Waals surface area (Å²) < 4.78 is 2.17. The van der Waals surface area contributed by atoms with Crippen LogP contribution in [0.3, 0.4) is 0 Å². The molecule has 0 amide bonds. The van der Waals surface area contributed by atoms with Gasteiger partial charge in [-0.1, -0.05) is 29.8 Å². The second kappa shape index (κ2) is 4.25. The summed E-state index contributed by atoms with van der Waals surface area (Å²) in [5.74, 6) is 0. The van der Waals surface area contributed by atoms with Crippen LogP contribution in [0.4, 0.5) is 0 Å². The van der Waals surface area contributed by atoms with Crippen LogP contribution in [0, 0.1) is 0 Å². The molecule has 1 unspecified atom stereocenters. The fourth-order valence-corrected chi connectivity index (χ4v) is 2.68. The van der Waals surface area contributed by atoms with Gasteiger partial charge in [-0.05, 0) is 31.4 Å². The van der Waals surface area contributed by atoms with Crippen LogP contribution in [-0.2, 0) is 0 Å². The Kier molecular flexibility index (Phi) is 2.71. The van der Waals surface area contributed by atoms with Gasteiger partial charge >= 0.3 is 0 Å². The number of halogens is 1. The van der Waals surface area contributed by atoms with Gasteiger partial charge in [0, 0.05) is 6.20 Å². The summed E-state index contributed by atoms with van der Waals surface area (Å²) >= 11 is 6.06. The summed E-state index contributed by atoms with van der Waals surface area (Å²) in [6.07, 6.45) is 8.00. The van der Waals surface area contributed by atoms with Crippen LogP contribution in [-0.4, -0.2) is 14.5 Å². The molecule has 0 N–H and O–H groups in total. The molecule has 0 aliphatic heterocycles. The molecule has 18 heavy (non-hydrogen) atoms. The first-order valence-corrected chi connectivity index (χ1v) is 6.38. The van der Waals surface area contributed by atoms with E-state index in [1.54, 1.807) is 0 Å². The second-order valence-electron chi connectivity index (χ2n) is 4.70. The minimum Gasteiger partial charge on any atom is -0.325 e. The lowest BCUT2D eigenvalue weighted by molar-refractivity contribution is 0.605. The molecule has 1 atom stereocenters. The first-order chi connectivity index (χ1) is 8.66. The average molecular weight is 260 g/mol. The van der Waals surface area contributed by atoms with Crippen molar-refractivity contribution in [1.82, 2.24) is 14.5 Å². The predicted octanol–water partition coefficient (Wildman–Crippen LogP) is 3.92. The maximum atomic E-state index is 6.06. The topological polar surface area (TPSA) is 30.7 Å². The lowest BCUT2D eigenvalue weighted by Crippen LogP contribution is -2.02. The van der Waals surface area contributed by atoms with E-state index in [-0.39, 0.29) is 0 Å². The molecule has 0 saturated heterocycles. The van der Waals surface area contributed by atoms with E-state index in [0.29, 0.717) is 11.2 Å². The Morgan fingerprint density at radius 3 is 3.06 bits per heavy atom. The molecule has 1 aliphatic carbocycles. The molecule has 0 fully saturated rings. The van der Waals surface area contributed by atoms with Crippen LogP contribution in [0.1, 0.15) is 25.8 Å². The van der Waals surface area contributed by atoms with Crippen LogP contribution in [0.5, 0.6) is 0 Å². The summed E-state index contributed by atoms with van der Waals surface area (Å²) in [4.78, 5) is 8.33. The zero-order valence-corrected chi connectivity index (χ0v) is 11.0. The predicted molar refractivity (Wildman–Crippen MR) is 73.7 cm³/mol. The third kappa shape index (κ3) is 1.75. The number of aromatic nitrogens is 3. The highest BCUT2D eigenvalue weighted by Crippen LogP contribution is 2.34. The molecule has 0 bridgehead atoms. The summed E-state index contributed by atoms with van der Waals surface area (Å²) in [5, 5.41) is 1.43. The Morgan fingerprint density at radius 1 is 1.50 bits per heavy atom. The highest BCUT2D eigenvalue weighted by molar-refractivity contribution is 6.33. The smallest absolute Gasteiger partial charge is 0.145 e. The standard InChI is InChI=1S/C14H14ClN3/c1-9(2)10-3-4-11(7-10)18-6-5-12-13(15)16-8-17-14(12)18/h5-8,11H,1,3-4H2,2H3. The van der Waals surface area contributed by atoms with Crippen LogP contribution < -0.4 is 0 Å². The van der Waals surface area contributed by atoms with Crippen LogP contribution in [0.25, 0.3) is 11.0 Å². The van der Waals surface area contributed by atoms with Crippen LogP contribution >= 0.6 is 11.6 Å². The quantitative estimate of drug-likeness (QED) is 0.766. The molecule has 0 aromatic carbocycles. The van der Waals surface area contributed by atoms with Gasteiger partial charge in [0.25, 0.3) is 0 Å². The van der Waals surface area contributed by atoms with Crippen LogP contribution in [0.2, 0.25) is 5.15 Å². The molecule has 3 nitrogen and oxygen atoms in total. The van der Waals surface area contributed by atoms with Crippen molar-refractivity contribution in [2.45, 2.75) is 25.8 Å². The van der Waals surface area contributed by atoms with Gasteiger partial charge in [-0.2, -0.15) is 0 Å². The minimum atomic E-state index is 0.347. The van der Waals surface area contributed by atoms with Crippen molar-refractivity contribution in [1.29, 1.82) is 0 Å². The Bertz CT molecular complexity index is 654. The maximum Gasteiger partial charge on any atom is 0.145 e. The summed E-state index contributed by atoms with van der Waals surface area (Å²) in [5.41, 5.74) is 3.41. The number of allylic oxidation sites excluding steroid dienone is 3. The van der Waals surface area contributed by atoms with Crippen molar-refractivity contribution < 1.29 is 0 Å². The lowest BCUT2D eigenvalue weighted by atomic mass is 10.1. The average Bonchev–Trinajstić information content (AvgIpc) is 2.94. The molecule has 2 aromatic heterocycles. The molecule has 0 spiro atoms. The van der Waals surface area contributed by atoms with E-state index in [4.69, 9.17) is 11.6 Å². The highest BCUT2D eigenvalue weighted by atomic mass is 35.5. The van der Waals surface area contributed by atoms with E-state index in [1.165, 1.54) is 11.9 Å². The molecule has 4 heteroatoms. The fourth-order valence-electron chi connectivity index (χ4n) is 2.49. The van der Waals surface area contributed by atoms with Crippen molar-refractivity contribution in [3.8, 4) is 0 Å². The zero-order chi connectivity index (χ0) is 12.7. The molecule has 1 aliphatic rings. The monoisotopic (exact) mass is 259 g/mol. The SMILES string of the molecule is C=C(C)C1=CC(n2ccc3c(Cl)ncnc32)CC1. The maximum absolute atomic E-state index is 6.06. The highest BCUT2D eigenvalue weighted by Gasteiger charge is 2.19. The van der Waals surface area contributed by atoms with Gasteiger partial charge in [0.15, 0.2) is 0 Å². The zero-order valence-electron chi connectivity index (χ0n) is 10.2. The third-order valence-electron chi connectivity index (χ3n) is 3.47. The molecular formula is C14H14ClN3. The van der Waals surface area contributed by atoms with E-state index in [9.17, 15) is 0 Å². The van der Waals surface area contributed by atoms with E-state index in [1.807, 2.05) is 12.3 Å². The Balaban J connectivity index is 2.06. The third-order valence-corrected chi connectivity index (χ3v) is 3.77. The fraction of sp³-hybridized carbons (Fsp3) is 0.286. The summed E-state index contributed by atoms with van der Waals surface area (Å²) in [6.45, 7) is 6.06. The molecule has 92 valence electrons. The first-order valence-electron chi connectivity index (χ1n) is 6.00. The number of hydrogen-bond acceptors (Lipinski definition) is 2. The molecule has 3 rings (SSSR count). The Morgan fingerprint density at radius 2 is 2.33 bits per heavy atom. The van der Waals surface area contributed by atoms with Crippen molar-refractivity contribution in [3.63, 3.8) is 0 Å².